The van der Waals surface area contributed by atoms with E-state index in [-0.39, 0.29) is 21.5 Å². The van der Waals surface area contributed by atoms with E-state index in [2.05, 4.69) is 11.8 Å². The Morgan fingerprint density at radius 3 is 2.33 bits per heavy atom. The molecule has 1 N–H and O–H groups in total. The Hall–Kier alpha value is -0.420. The summed E-state index contributed by atoms with van der Waals surface area (Å²) in [5, 5.41) is 8.76. The number of halogens is 2. The second kappa shape index (κ2) is 7.23. The van der Waals surface area contributed by atoms with Gasteiger partial charge in [-0.3, -0.25) is 0 Å². The number of benzene rings is 1. The van der Waals surface area contributed by atoms with Gasteiger partial charge in [0.05, 0.1) is 10.0 Å². The minimum absolute atomic E-state index is 0.0444. The summed E-state index contributed by atoms with van der Waals surface area (Å²) >= 11 is 13.9. The van der Waals surface area contributed by atoms with E-state index in [1.807, 2.05) is 0 Å². The van der Waals surface area contributed by atoms with Crippen LogP contribution < -0.4 is 0 Å². The van der Waals surface area contributed by atoms with Gasteiger partial charge in [0, 0.05) is 30.2 Å². The van der Waals surface area contributed by atoms with Crippen molar-refractivity contribution in [3.63, 3.8) is 0 Å². The molecule has 4 nitrogen and oxygen atoms in total. The van der Waals surface area contributed by atoms with Crippen LogP contribution in [0.25, 0.3) is 0 Å². The van der Waals surface area contributed by atoms with E-state index in [0.29, 0.717) is 18.7 Å². The predicted molar refractivity (Wildman–Crippen MR) is 86.5 cm³/mol. The van der Waals surface area contributed by atoms with Gasteiger partial charge in [-0.05, 0) is 12.1 Å². The summed E-state index contributed by atoms with van der Waals surface area (Å²) in [7, 11) is -3.70. The van der Waals surface area contributed by atoms with Crippen molar-refractivity contribution in [2.75, 3.05) is 31.2 Å². The molecule has 0 radical (unpaired) electrons. The molecule has 0 saturated carbocycles. The molecular formula is C13H13Cl2NO3S2. The fraction of sp³-hybridized carbons (Fsp3) is 0.385. The molecule has 0 spiro atoms. The first kappa shape index (κ1) is 16.9. The van der Waals surface area contributed by atoms with E-state index in [1.165, 1.54) is 16.4 Å². The smallest absolute Gasteiger partial charge is 0.246 e. The third kappa shape index (κ3) is 3.86. The van der Waals surface area contributed by atoms with Crippen molar-refractivity contribution in [2.24, 2.45) is 0 Å². The number of nitrogens with zero attached hydrogens (tertiary/aromatic N) is 1. The topological polar surface area (TPSA) is 57.6 Å². The van der Waals surface area contributed by atoms with Crippen molar-refractivity contribution in [2.45, 2.75) is 4.90 Å². The highest BCUT2D eigenvalue weighted by Crippen LogP contribution is 2.33. The molecule has 1 aromatic carbocycles. The molecule has 1 heterocycles. The molecule has 1 aliphatic rings. The molecule has 114 valence electrons. The highest BCUT2D eigenvalue weighted by Gasteiger charge is 2.30. The van der Waals surface area contributed by atoms with Crippen molar-refractivity contribution >= 4 is 45.0 Å². The molecule has 1 aromatic rings. The Bertz CT molecular complexity index is 666. The highest BCUT2D eigenvalue weighted by atomic mass is 35.5. The van der Waals surface area contributed by atoms with Crippen molar-refractivity contribution in [1.29, 1.82) is 0 Å². The van der Waals surface area contributed by atoms with Crippen molar-refractivity contribution in [3.05, 3.63) is 27.7 Å². The molecule has 0 unspecified atom stereocenters. The Morgan fingerprint density at radius 2 is 1.81 bits per heavy atom. The van der Waals surface area contributed by atoms with Crippen LogP contribution >= 0.6 is 35.0 Å². The quantitative estimate of drug-likeness (QED) is 0.815. The van der Waals surface area contributed by atoms with Crippen LogP contribution in [0.4, 0.5) is 0 Å². The molecule has 1 fully saturated rings. The monoisotopic (exact) mass is 365 g/mol. The summed E-state index contributed by atoms with van der Waals surface area (Å²) in [6.45, 7) is 0.609. The average Bonchev–Trinajstić information content (AvgIpc) is 2.45. The maximum Gasteiger partial charge on any atom is 0.246 e. The van der Waals surface area contributed by atoms with Gasteiger partial charge in [-0.15, -0.1) is 0 Å². The summed E-state index contributed by atoms with van der Waals surface area (Å²) in [6.07, 6.45) is 0. The predicted octanol–water partition coefficient (Wildman–Crippen LogP) is 2.07. The third-order valence-electron chi connectivity index (χ3n) is 2.88. The molecule has 0 amide bonds. The summed E-state index contributed by atoms with van der Waals surface area (Å²) < 4.78 is 26.7. The zero-order valence-electron chi connectivity index (χ0n) is 11.0. The number of aliphatic hydroxyl groups is 1. The third-order valence-corrected chi connectivity index (χ3v) is 6.64. The SMILES string of the molecule is O=S(=O)(c1c(Cl)cc(C#CCO)cc1Cl)N1CCSCC1. The van der Waals surface area contributed by atoms with Gasteiger partial charge in [0.2, 0.25) is 10.0 Å². The lowest BCUT2D eigenvalue weighted by Gasteiger charge is -2.26. The van der Waals surface area contributed by atoms with Gasteiger partial charge in [0.15, 0.2) is 0 Å². The lowest BCUT2D eigenvalue weighted by molar-refractivity contribution is 0.350. The summed E-state index contributed by atoms with van der Waals surface area (Å²) in [5.74, 6) is 6.64. The number of hydrogen-bond donors (Lipinski definition) is 1. The van der Waals surface area contributed by atoms with Crippen LogP contribution in [0.1, 0.15) is 5.56 Å². The molecule has 2 rings (SSSR count). The van der Waals surface area contributed by atoms with Gasteiger partial charge >= 0.3 is 0 Å². The van der Waals surface area contributed by atoms with Crippen LogP contribution in [0.5, 0.6) is 0 Å². The minimum Gasteiger partial charge on any atom is -0.384 e. The molecule has 8 heteroatoms. The second-order valence-corrected chi connectivity index (χ2v) is 8.16. The largest absolute Gasteiger partial charge is 0.384 e. The summed E-state index contributed by atoms with van der Waals surface area (Å²) in [4.78, 5) is -0.0766. The Labute approximate surface area is 138 Å². The van der Waals surface area contributed by atoms with Crippen LogP contribution in [-0.4, -0.2) is 49.0 Å². The van der Waals surface area contributed by atoms with Crippen molar-refractivity contribution in [1.82, 2.24) is 4.31 Å². The molecule has 1 aliphatic heterocycles. The first-order valence-corrected chi connectivity index (χ1v) is 9.48. The van der Waals surface area contributed by atoms with Crippen molar-refractivity contribution in [3.8, 4) is 11.8 Å². The average molecular weight is 366 g/mol. The second-order valence-electron chi connectivity index (χ2n) is 4.25. The van der Waals surface area contributed by atoms with Gasteiger partial charge in [-0.1, -0.05) is 35.0 Å². The van der Waals surface area contributed by atoms with Crippen LogP contribution in [0.15, 0.2) is 17.0 Å². The summed E-state index contributed by atoms with van der Waals surface area (Å²) in [6, 6.07) is 2.89. The highest BCUT2D eigenvalue weighted by molar-refractivity contribution is 7.99. The molecular weight excluding hydrogens is 353 g/mol. The van der Waals surface area contributed by atoms with Gasteiger partial charge in [-0.25, -0.2) is 8.42 Å². The number of thioether (sulfide) groups is 1. The van der Waals surface area contributed by atoms with Gasteiger partial charge in [0.1, 0.15) is 11.5 Å². The zero-order valence-corrected chi connectivity index (χ0v) is 14.1. The molecule has 1 saturated heterocycles. The standard InChI is InChI=1S/C13H13Cl2NO3S2/c14-11-8-10(2-1-5-17)9-12(15)13(11)21(18,19)16-3-6-20-7-4-16/h8-9,17H,3-7H2. The molecule has 0 aromatic heterocycles. The Morgan fingerprint density at radius 1 is 1.24 bits per heavy atom. The van der Waals surface area contributed by atoms with Crippen LogP contribution in [-0.2, 0) is 10.0 Å². The first-order chi connectivity index (χ1) is 9.96. The first-order valence-electron chi connectivity index (χ1n) is 6.13. The molecule has 21 heavy (non-hydrogen) atoms. The molecule has 0 aliphatic carbocycles. The van der Waals surface area contributed by atoms with E-state index >= 15 is 0 Å². The van der Waals surface area contributed by atoms with E-state index in [0.717, 1.165) is 11.5 Å². The number of sulfonamides is 1. The zero-order chi connectivity index (χ0) is 15.5. The van der Waals surface area contributed by atoms with Crippen molar-refractivity contribution < 1.29 is 13.5 Å². The minimum atomic E-state index is -3.70. The van der Waals surface area contributed by atoms with Crippen LogP contribution in [0.2, 0.25) is 10.0 Å². The number of aliphatic hydroxyl groups excluding tert-OH is 1. The maximum atomic E-state index is 12.6. The normalized spacial score (nSPS) is 16.3. The van der Waals surface area contributed by atoms with E-state index in [9.17, 15) is 8.42 Å². The van der Waals surface area contributed by atoms with Crippen LogP contribution in [0.3, 0.4) is 0 Å². The summed E-state index contributed by atoms with van der Waals surface area (Å²) in [5.41, 5.74) is 0.465. The lowest BCUT2D eigenvalue weighted by Crippen LogP contribution is -2.38. The Balaban J connectivity index is 2.43. The molecule has 0 bridgehead atoms. The molecule has 0 atom stereocenters. The van der Waals surface area contributed by atoms with Gasteiger partial charge in [0.25, 0.3) is 0 Å². The lowest BCUT2D eigenvalue weighted by atomic mass is 10.2. The van der Waals surface area contributed by atoms with Crippen LogP contribution in [0, 0.1) is 11.8 Å². The van der Waals surface area contributed by atoms with E-state index < -0.39 is 10.0 Å². The number of hydrogen-bond acceptors (Lipinski definition) is 4. The fourth-order valence-electron chi connectivity index (χ4n) is 1.94. The fourth-order valence-corrected chi connectivity index (χ4v) is 5.67. The Kier molecular flexibility index (Phi) is 5.83. The van der Waals surface area contributed by atoms with E-state index in [4.69, 9.17) is 28.3 Å². The number of rotatable bonds is 2. The maximum absolute atomic E-state index is 12.6. The van der Waals surface area contributed by atoms with E-state index in [1.54, 1.807) is 11.8 Å². The van der Waals surface area contributed by atoms with Gasteiger partial charge < -0.3 is 5.11 Å². The van der Waals surface area contributed by atoms with Gasteiger partial charge in [-0.2, -0.15) is 16.1 Å².